The molecule has 1 aromatic rings. The summed E-state index contributed by atoms with van der Waals surface area (Å²) in [5.74, 6) is 0. The van der Waals surface area contributed by atoms with Crippen molar-refractivity contribution in [3.05, 3.63) is 29.8 Å². The molecule has 1 aromatic carbocycles. The predicted octanol–water partition coefficient (Wildman–Crippen LogP) is 2.70. The van der Waals surface area contributed by atoms with E-state index < -0.39 is 5.39 Å². The summed E-state index contributed by atoms with van der Waals surface area (Å²) in [6.07, 6.45) is 8.19. The first-order valence-electron chi connectivity index (χ1n) is 8.56. The van der Waals surface area contributed by atoms with E-state index in [1.165, 1.54) is 62.5 Å². The van der Waals surface area contributed by atoms with Crippen LogP contribution in [0.4, 0.5) is 0 Å². The summed E-state index contributed by atoms with van der Waals surface area (Å²) in [5, 5.41) is 1.69. The van der Waals surface area contributed by atoms with Crippen LogP contribution in [0.25, 0.3) is 0 Å². The molecule has 22 heavy (non-hydrogen) atoms. The predicted molar refractivity (Wildman–Crippen MR) is 103 cm³/mol. The fourth-order valence-corrected chi connectivity index (χ4v) is 6.31. The van der Waals surface area contributed by atoms with Crippen molar-refractivity contribution >= 4 is 34.8 Å². The van der Waals surface area contributed by atoms with E-state index >= 15 is 0 Å². The highest BCUT2D eigenvalue weighted by molar-refractivity contribution is 8.56. The van der Waals surface area contributed by atoms with Crippen molar-refractivity contribution in [3.8, 4) is 0 Å². The SMILES string of the molecule is C1CC[NH2+]CC1.Cc1ccc(P(=S)([S-])N2CCCCC2)cc1. The van der Waals surface area contributed by atoms with Crippen molar-refractivity contribution < 1.29 is 5.32 Å². The average Bonchev–Trinajstić information content (AvgIpc) is 2.58. The van der Waals surface area contributed by atoms with E-state index in [1.54, 1.807) is 0 Å². The highest BCUT2D eigenvalue weighted by Gasteiger charge is 2.17. The van der Waals surface area contributed by atoms with Crippen molar-refractivity contribution in [2.24, 2.45) is 0 Å². The number of quaternary nitrogens is 1. The van der Waals surface area contributed by atoms with Crippen LogP contribution in [0.5, 0.6) is 0 Å². The van der Waals surface area contributed by atoms with E-state index in [-0.39, 0.29) is 0 Å². The Kier molecular flexibility index (Phi) is 7.93. The van der Waals surface area contributed by atoms with Gasteiger partial charge in [-0.15, -0.1) is 11.8 Å². The standard InChI is InChI=1S/C12H18NPS2.C5H11N/c1-11-5-7-12(8-6-11)14(15,16)13-9-3-2-4-10-13;1-2-4-6-5-3-1/h5-8H,2-4,9-10H2,1H3,(H,15,16);6H,1-5H2. The molecule has 2 fully saturated rings. The zero-order chi connectivity index (χ0) is 15.8. The van der Waals surface area contributed by atoms with Crippen LogP contribution in [0.1, 0.15) is 44.1 Å². The summed E-state index contributed by atoms with van der Waals surface area (Å²) in [5.41, 5.74) is 1.27. The lowest BCUT2D eigenvalue weighted by Gasteiger charge is -2.43. The smallest absolute Gasteiger partial charge is 0.0755 e. The van der Waals surface area contributed by atoms with E-state index in [9.17, 15) is 0 Å². The monoisotopic (exact) mass is 356 g/mol. The van der Waals surface area contributed by atoms with E-state index in [1.807, 2.05) is 0 Å². The molecule has 2 heterocycles. The number of benzene rings is 1. The molecule has 0 bridgehead atoms. The van der Waals surface area contributed by atoms with Gasteiger partial charge in [0.25, 0.3) is 0 Å². The van der Waals surface area contributed by atoms with Crippen molar-refractivity contribution in [3.63, 3.8) is 0 Å². The van der Waals surface area contributed by atoms with E-state index in [4.69, 9.17) is 24.1 Å². The number of hydrogen-bond donors (Lipinski definition) is 1. The van der Waals surface area contributed by atoms with Crippen LogP contribution in [0.2, 0.25) is 0 Å². The number of nitrogens with two attached hydrogens (primary N) is 1. The molecule has 0 saturated carbocycles. The lowest BCUT2D eigenvalue weighted by molar-refractivity contribution is -0.662. The largest absolute Gasteiger partial charge is 0.727 e. The molecule has 0 radical (unpaired) electrons. The quantitative estimate of drug-likeness (QED) is 0.650. The van der Waals surface area contributed by atoms with Gasteiger partial charge in [-0.3, -0.25) is 4.67 Å². The number of rotatable bonds is 2. The zero-order valence-corrected chi connectivity index (χ0v) is 16.2. The molecule has 1 unspecified atom stereocenters. The Morgan fingerprint density at radius 3 is 1.95 bits per heavy atom. The fraction of sp³-hybridized carbons (Fsp3) is 0.647. The molecular formula is C17H29N2PS2. The normalized spacial score (nSPS) is 22.3. The lowest BCUT2D eigenvalue weighted by atomic mass is 10.2. The summed E-state index contributed by atoms with van der Waals surface area (Å²) in [4.78, 5) is 0. The van der Waals surface area contributed by atoms with Crippen LogP contribution in [0.3, 0.4) is 0 Å². The van der Waals surface area contributed by atoms with Crippen LogP contribution >= 0.6 is 5.39 Å². The molecule has 0 aromatic heterocycles. The second-order valence-corrected chi connectivity index (χ2v) is 12.3. The lowest BCUT2D eigenvalue weighted by Crippen LogP contribution is -2.85. The second-order valence-electron chi connectivity index (χ2n) is 6.30. The molecule has 0 aliphatic carbocycles. The fourth-order valence-electron chi connectivity index (χ4n) is 2.94. The van der Waals surface area contributed by atoms with E-state index in [0.29, 0.717) is 0 Å². The maximum atomic E-state index is 5.72. The van der Waals surface area contributed by atoms with Crippen molar-refractivity contribution in [1.29, 1.82) is 0 Å². The van der Waals surface area contributed by atoms with Gasteiger partial charge in [-0.2, -0.15) is 0 Å². The summed E-state index contributed by atoms with van der Waals surface area (Å²) in [6, 6.07) is 8.48. The third-order valence-corrected chi connectivity index (χ3v) is 9.13. The molecule has 5 heteroatoms. The van der Waals surface area contributed by atoms with Gasteiger partial charge in [-0.1, -0.05) is 41.6 Å². The summed E-state index contributed by atoms with van der Waals surface area (Å²) >= 11 is 11.4. The van der Waals surface area contributed by atoms with Gasteiger partial charge in [0, 0.05) is 13.1 Å². The first-order chi connectivity index (χ1) is 10.6. The molecule has 2 aliphatic heterocycles. The Labute approximate surface area is 146 Å². The second kappa shape index (κ2) is 9.44. The maximum absolute atomic E-state index is 5.72. The van der Waals surface area contributed by atoms with Crippen LogP contribution < -0.4 is 10.6 Å². The third-order valence-electron chi connectivity index (χ3n) is 4.38. The van der Waals surface area contributed by atoms with Gasteiger partial charge in [-0.25, -0.2) is 0 Å². The van der Waals surface area contributed by atoms with Crippen molar-refractivity contribution in [2.45, 2.75) is 45.4 Å². The van der Waals surface area contributed by atoms with E-state index in [2.05, 4.69) is 41.2 Å². The molecule has 0 amide bonds. The zero-order valence-electron chi connectivity index (χ0n) is 13.7. The minimum Gasteiger partial charge on any atom is -0.727 e. The van der Waals surface area contributed by atoms with Gasteiger partial charge in [-0.05, 0) is 44.3 Å². The molecule has 3 rings (SSSR count). The number of nitrogens with zero attached hydrogens (tertiary/aromatic N) is 1. The Bertz CT molecular complexity index is 468. The Morgan fingerprint density at radius 1 is 0.955 bits per heavy atom. The summed E-state index contributed by atoms with van der Waals surface area (Å²) in [7, 11) is 0. The molecule has 2 N–H and O–H groups in total. The molecular weight excluding hydrogens is 327 g/mol. The molecule has 2 nitrogen and oxygen atoms in total. The molecule has 1 atom stereocenters. The maximum Gasteiger partial charge on any atom is 0.0755 e. The van der Waals surface area contributed by atoms with Gasteiger partial charge in [0.05, 0.1) is 13.1 Å². The van der Waals surface area contributed by atoms with Crippen LogP contribution in [0, 0.1) is 6.92 Å². The van der Waals surface area contributed by atoms with Gasteiger partial charge in [0.1, 0.15) is 0 Å². The highest BCUT2D eigenvalue weighted by atomic mass is 32.9. The van der Waals surface area contributed by atoms with Gasteiger partial charge in [0.2, 0.25) is 0 Å². The first kappa shape index (κ1) is 18.5. The minimum atomic E-state index is -1.89. The summed E-state index contributed by atoms with van der Waals surface area (Å²) in [6.45, 7) is 7.03. The molecule has 0 spiro atoms. The molecule has 2 aliphatic rings. The topological polar surface area (TPSA) is 19.9 Å². The Balaban J connectivity index is 0.000000246. The Hall–Kier alpha value is 0.140. The van der Waals surface area contributed by atoms with Crippen LogP contribution in [0.15, 0.2) is 24.3 Å². The number of aryl methyl sites for hydroxylation is 1. The average molecular weight is 357 g/mol. The van der Waals surface area contributed by atoms with Crippen molar-refractivity contribution in [2.75, 3.05) is 26.2 Å². The third kappa shape index (κ3) is 5.65. The first-order valence-corrected chi connectivity index (χ1v) is 12.3. The van der Waals surface area contributed by atoms with E-state index in [0.717, 1.165) is 13.1 Å². The highest BCUT2D eigenvalue weighted by Crippen LogP contribution is 2.47. The molecule has 2 saturated heterocycles. The van der Waals surface area contributed by atoms with Gasteiger partial charge < -0.3 is 17.6 Å². The van der Waals surface area contributed by atoms with Crippen molar-refractivity contribution in [1.82, 2.24) is 4.67 Å². The number of piperidine rings is 2. The van der Waals surface area contributed by atoms with Crippen LogP contribution in [-0.4, -0.2) is 30.8 Å². The Morgan fingerprint density at radius 2 is 1.50 bits per heavy atom. The molecule has 124 valence electrons. The van der Waals surface area contributed by atoms with Gasteiger partial charge in [0.15, 0.2) is 0 Å². The number of hydrogen-bond acceptors (Lipinski definition) is 2. The minimum absolute atomic E-state index is 1.09. The van der Waals surface area contributed by atoms with Crippen LogP contribution in [-0.2, 0) is 24.1 Å². The van der Waals surface area contributed by atoms with Gasteiger partial charge >= 0.3 is 0 Å². The summed E-state index contributed by atoms with van der Waals surface area (Å²) < 4.78 is 2.37.